The van der Waals surface area contributed by atoms with E-state index in [4.69, 9.17) is 0 Å². The first kappa shape index (κ1) is 19.0. The normalized spacial score (nSPS) is 12.3. The number of alkyl halides is 3. The molecule has 0 saturated carbocycles. The summed E-state index contributed by atoms with van der Waals surface area (Å²) in [6.07, 6.45) is 2.53. The summed E-state index contributed by atoms with van der Waals surface area (Å²) in [6, 6.07) is 10.1. The Morgan fingerprint density at radius 1 is 1.11 bits per heavy atom. The fourth-order valence-electron chi connectivity index (χ4n) is 2.38. The van der Waals surface area contributed by atoms with E-state index < -0.39 is 21.5 Å². The second kappa shape index (κ2) is 7.10. The van der Waals surface area contributed by atoms with Crippen LogP contribution in [-0.2, 0) is 16.5 Å². The maximum atomic E-state index is 12.6. The minimum absolute atomic E-state index is 0.0339. The minimum Gasteiger partial charge on any atom is -0.355 e. The van der Waals surface area contributed by atoms with Crippen LogP contribution in [0.15, 0.2) is 42.6 Å². The van der Waals surface area contributed by atoms with Crippen LogP contribution in [0, 0.1) is 0 Å². The lowest BCUT2D eigenvalue weighted by atomic mass is 10.1. The minimum atomic E-state index is -5.82. The van der Waals surface area contributed by atoms with Crippen LogP contribution in [0.4, 0.5) is 13.2 Å². The van der Waals surface area contributed by atoms with Gasteiger partial charge >= 0.3 is 15.6 Å². The molecule has 0 bridgehead atoms. The van der Waals surface area contributed by atoms with Gasteiger partial charge in [-0.25, -0.2) is 4.98 Å². The first-order chi connectivity index (χ1) is 12.7. The van der Waals surface area contributed by atoms with Gasteiger partial charge in [0.25, 0.3) is 0 Å². The third-order valence-electron chi connectivity index (χ3n) is 3.59. The molecule has 0 radical (unpaired) electrons. The van der Waals surface area contributed by atoms with E-state index >= 15 is 0 Å². The van der Waals surface area contributed by atoms with Crippen LogP contribution in [0.25, 0.3) is 22.3 Å². The summed E-state index contributed by atoms with van der Waals surface area (Å²) in [6.45, 7) is 1.85. The highest BCUT2D eigenvalue weighted by molar-refractivity contribution is 7.87. The summed E-state index contributed by atoms with van der Waals surface area (Å²) in [5, 5.41) is 0.782. The van der Waals surface area contributed by atoms with E-state index in [0.717, 1.165) is 17.0 Å². The Morgan fingerprint density at radius 3 is 2.56 bits per heavy atom. The van der Waals surface area contributed by atoms with E-state index in [-0.39, 0.29) is 5.82 Å². The molecule has 0 aliphatic heterocycles. The van der Waals surface area contributed by atoms with Gasteiger partial charge in [0.2, 0.25) is 5.88 Å². The number of para-hydroxylation sites is 1. The van der Waals surface area contributed by atoms with Gasteiger partial charge < -0.3 is 4.18 Å². The molecule has 142 valence electrons. The number of halogens is 3. The fraction of sp³-hybridized carbons (Fsp3) is 0.235. The van der Waals surface area contributed by atoms with Crippen LogP contribution >= 0.6 is 0 Å². The van der Waals surface area contributed by atoms with Crippen LogP contribution < -0.4 is 4.18 Å². The number of aryl methyl sites for hydroxylation is 1. The molecule has 0 aliphatic rings. The topological polar surface area (TPSA) is 82.0 Å². The molecule has 6 nitrogen and oxygen atoms in total. The zero-order valence-corrected chi connectivity index (χ0v) is 14.9. The monoisotopic (exact) mass is 397 g/mol. The van der Waals surface area contributed by atoms with Gasteiger partial charge in [-0.05, 0) is 18.6 Å². The average Bonchev–Trinajstić information content (AvgIpc) is 2.60. The quantitative estimate of drug-likeness (QED) is 0.480. The molecule has 1 aromatic carbocycles. The van der Waals surface area contributed by atoms with Crippen molar-refractivity contribution in [3.8, 4) is 17.3 Å². The number of hydrogen-bond acceptors (Lipinski definition) is 6. The molecule has 27 heavy (non-hydrogen) atoms. The second-order valence-electron chi connectivity index (χ2n) is 5.67. The highest BCUT2D eigenvalue weighted by Crippen LogP contribution is 2.28. The van der Waals surface area contributed by atoms with Crippen molar-refractivity contribution in [1.29, 1.82) is 0 Å². The van der Waals surface area contributed by atoms with Gasteiger partial charge in [0.15, 0.2) is 5.82 Å². The maximum absolute atomic E-state index is 12.6. The van der Waals surface area contributed by atoms with Crippen molar-refractivity contribution in [1.82, 2.24) is 15.0 Å². The van der Waals surface area contributed by atoms with Gasteiger partial charge in [-0.3, -0.25) is 4.98 Å². The molecule has 2 aromatic heterocycles. The van der Waals surface area contributed by atoms with Crippen LogP contribution in [0.1, 0.15) is 19.0 Å². The molecule has 0 N–H and O–H groups in total. The molecule has 3 rings (SSSR count). The van der Waals surface area contributed by atoms with Gasteiger partial charge in [-0.15, -0.1) is 0 Å². The van der Waals surface area contributed by atoms with E-state index in [1.54, 1.807) is 12.1 Å². The molecule has 2 heterocycles. The van der Waals surface area contributed by atoms with Crippen LogP contribution in [0.2, 0.25) is 0 Å². The lowest BCUT2D eigenvalue weighted by Gasteiger charge is -2.11. The third-order valence-corrected chi connectivity index (χ3v) is 4.55. The Bertz CT molecular complexity index is 1090. The molecule has 0 aliphatic carbocycles. The van der Waals surface area contributed by atoms with Crippen LogP contribution in [-0.4, -0.2) is 28.9 Å². The molecular formula is C17H14F3N3O3S. The van der Waals surface area contributed by atoms with Crippen molar-refractivity contribution < 1.29 is 25.8 Å². The van der Waals surface area contributed by atoms with E-state index in [1.165, 1.54) is 6.20 Å². The number of rotatable bonds is 5. The lowest BCUT2D eigenvalue weighted by molar-refractivity contribution is -0.0501. The van der Waals surface area contributed by atoms with Crippen molar-refractivity contribution in [2.24, 2.45) is 0 Å². The molecule has 3 aromatic rings. The van der Waals surface area contributed by atoms with Crippen molar-refractivity contribution in [3.05, 3.63) is 48.3 Å². The zero-order chi connectivity index (χ0) is 19.7. The molecular weight excluding hydrogens is 383 g/mol. The summed E-state index contributed by atoms with van der Waals surface area (Å²) in [5.74, 6) is -0.652. The lowest BCUT2D eigenvalue weighted by Crippen LogP contribution is -2.28. The molecule has 0 saturated heterocycles. The summed E-state index contributed by atoms with van der Waals surface area (Å²) in [5.41, 5.74) is -4.03. The first-order valence-electron chi connectivity index (χ1n) is 7.93. The summed E-state index contributed by atoms with van der Waals surface area (Å²) in [4.78, 5) is 12.4. The van der Waals surface area contributed by atoms with E-state index in [2.05, 4.69) is 19.1 Å². The molecule has 10 heteroatoms. The second-order valence-corrected chi connectivity index (χ2v) is 7.21. The molecule has 0 amide bonds. The average molecular weight is 397 g/mol. The zero-order valence-electron chi connectivity index (χ0n) is 14.1. The Kier molecular flexibility index (Phi) is 5.01. The van der Waals surface area contributed by atoms with E-state index in [0.29, 0.717) is 24.1 Å². The molecule has 0 atom stereocenters. The molecule has 0 unspecified atom stereocenters. The van der Waals surface area contributed by atoms with Crippen molar-refractivity contribution in [3.63, 3.8) is 0 Å². The largest absolute Gasteiger partial charge is 0.534 e. The number of pyridine rings is 1. The van der Waals surface area contributed by atoms with Crippen molar-refractivity contribution >= 4 is 21.0 Å². The Morgan fingerprint density at radius 2 is 1.85 bits per heavy atom. The van der Waals surface area contributed by atoms with Crippen LogP contribution in [0.5, 0.6) is 5.88 Å². The van der Waals surface area contributed by atoms with Gasteiger partial charge in [0, 0.05) is 28.9 Å². The van der Waals surface area contributed by atoms with E-state index in [9.17, 15) is 21.6 Å². The third kappa shape index (κ3) is 4.16. The summed E-state index contributed by atoms with van der Waals surface area (Å²) in [7, 11) is -5.82. The van der Waals surface area contributed by atoms with Gasteiger partial charge in [-0.2, -0.15) is 26.6 Å². The summed E-state index contributed by atoms with van der Waals surface area (Å²) < 4.78 is 64.6. The standard InChI is InChI=1S/C17H14F3N3O3S/c1-2-5-13-9-15(26-27(24,25)17(18,19)20)23-16(22-13)12-8-11-6-3-4-7-14(11)21-10-12/h3-4,6-10H,2,5H2,1H3. The van der Waals surface area contributed by atoms with Crippen molar-refractivity contribution in [2.75, 3.05) is 0 Å². The number of benzene rings is 1. The number of nitrogens with zero attached hydrogens (tertiary/aromatic N) is 3. The highest BCUT2D eigenvalue weighted by Gasteiger charge is 2.49. The first-order valence-corrected chi connectivity index (χ1v) is 9.34. The predicted molar refractivity (Wildman–Crippen MR) is 92.4 cm³/mol. The fourth-order valence-corrected chi connectivity index (χ4v) is 2.79. The smallest absolute Gasteiger partial charge is 0.355 e. The number of aromatic nitrogens is 3. The Balaban J connectivity index is 2.07. The number of hydrogen-bond donors (Lipinski definition) is 0. The molecule has 0 fully saturated rings. The van der Waals surface area contributed by atoms with Gasteiger partial charge in [0.1, 0.15) is 0 Å². The Hall–Kier alpha value is -2.75. The van der Waals surface area contributed by atoms with E-state index in [1.807, 2.05) is 25.1 Å². The predicted octanol–water partition coefficient (Wildman–Crippen LogP) is 3.87. The Labute approximate surface area is 153 Å². The van der Waals surface area contributed by atoms with Crippen molar-refractivity contribution in [2.45, 2.75) is 25.3 Å². The summed E-state index contributed by atoms with van der Waals surface area (Å²) >= 11 is 0. The molecule has 0 spiro atoms. The SMILES string of the molecule is CCCc1cc(OS(=O)(=O)C(F)(F)F)nc(-c2cnc3ccccc3c2)n1. The van der Waals surface area contributed by atoms with Crippen LogP contribution in [0.3, 0.4) is 0 Å². The van der Waals surface area contributed by atoms with Gasteiger partial charge in [-0.1, -0.05) is 31.5 Å². The highest BCUT2D eigenvalue weighted by atomic mass is 32.2. The van der Waals surface area contributed by atoms with Gasteiger partial charge in [0.05, 0.1) is 5.52 Å². The number of fused-ring (bicyclic) bond motifs is 1. The maximum Gasteiger partial charge on any atom is 0.534 e.